The molecule has 2 aromatic rings. The van der Waals surface area contributed by atoms with Gasteiger partial charge in [-0.1, -0.05) is 58.0 Å². The molecular formula is C29H43N3O3. The van der Waals surface area contributed by atoms with Crippen LogP contribution in [0.4, 0.5) is 10.5 Å². The maximum absolute atomic E-state index is 13.7. The van der Waals surface area contributed by atoms with Crippen molar-refractivity contribution in [2.45, 2.75) is 59.4 Å². The predicted molar refractivity (Wildman–Crippen MR) is 144 cm³/mol. The van der Waals surface area contributed by atoms with E-state index < -0.39 is 0 Å². The van der Waals surface area contributed by atoms with Crippen LogP contribution in [-0.4, -0.2) is 61.8 Å². The molecule has 2 amide bonds. The molecule has 2 aromatic carbocycles. The number of carbonyl (C=O) groups is 1. The number of hydrogen-bond donors (Lipinski definition) is 1. The topological polar surface area (TPSA) is 54.0 Å². The van der Waals surface area contributed by atoms with Crippen LogP contribution in [0.2, 0.25) is 0 Å². The fraction of sp³-hybridized carbons (Fsp3) is 0.552. The quantitative estimate of drug-likeness (QED) is 0.422. The van der Waals surface area contributed by atoms with Gasteiger partial charge in [-0.05, 0) is 54.0 Å². The lowest BCUT2D eigenvalue weighted by Crippen LogP contribution is -2.40. The summed E-state index contributed by atoms with van der Waals surface area (Å²) in [6, 6.07) is 14.4. The number of nitrogens with zero attached hydrogens (tertiary/aromatic N) is 2. The van der Waals surface area contributed by atoms with Gasteiger partial charge in [0.05, 0.1) is 19.8 Å². The van der Waals surface area contributed by atoms with Crippen LogP contribution < -0.4 is 10.1 Å². The van der Waals surface area contributed by atoms with Crippen molar-refractivity contribution in [3.8, 4) is 5.75 Å². The number of nitrogens with one attached hydrogen (secondary N) is 1. The molecule has 0 unspecified atom stereocenters. The number of benzene rings is 2. The summed E-state index contributed by atoms with van der Waals surface area (Å²) in [5, 5.41) is 3.31. The number of carbonyl (C=O) groups excluding carboxylic acids is 1. The zero-order chi connectivity index (χ0) is 25.2. The second kappa shape index (κ2) is 13.5. The van der Waals surface area contributed by atoms with Crippen LogP contribution in [-0.2, 0) is 11.3 Å². The molecule has 1 N–H and O–H groups in total. The first-order valence-electron chi connectivity index (χ1n) is 13.1. The highest BCUT2D eigenvalue weighted by atomic mass is 16.5. The molecule has 1 aliphatic rings. The molecule has 1 saturated heterocycles. The van der Waals surface area contributed by atoms with Gasteiger partial charge < -0.3 is 19.7 Å². The Hall–Kier alpha value is -2.57. The van der Waals surface area contributed by atoms with Gasteiger partial charge in [-0.2, -0.15) is 0 Å². The van der Waals surface area contributed by atoms with Gasteiger partial charge >= 0.3 is 6.03 Å². The van der Waals surface area contributed by atoms with Gasteiger partial charge in [0.15, 0.2) is 0 Å². The average molecular weight is 482 g/mol. The minimum Gasteiger partial charge on any atom is -0.494 e. The maximum atomic E-state index is 13.7. The van der Waals surface area contributed by atoms with E-state index in [-0.39, 0.29) is 6.03 Å². The Kier molecular flexibility index (Phi) is 10.4. The lowest BCUT2D eigenvalue weighted by molar-refractivity contribution is 0.0365. The minimum absolute atomic E-state index is 0.0455. The summed E-state index contributed by atoms with van der Waals surface area (Å²) >= 11 is 0. The Labute approximate surface area is 211 Å². The number of morpholine rings is 1. The average Bonchev–Trinajstić information content (AvgIpc) is 2.85. The largest absolute Gasteiger partial charge is 0.494 e. The third-order valence-corrected chi connectivity index (χ3v) is 6.51. The van der Waals surface area contributed by atoms with Crippen molar-refractivity contribution in [2.24, 2.45) is 0 Å². The van der Waals surface area contributed by atoms with Crippen molar-refractivity contribution in [3.63, 3.8) is 0 Å². The summed E-state index contributed by atoms with van der Waals surface area (Å²) in [5.74, 6) is 1.50. The van der Waals surface area contributed by atoms with Gasteiger partial charge in [0.1, 0.15) is 5.75 Å². The van der Waals surface area contributed by atoms with E-state index in [4.69, 9.17) is 9.47 Å². The lowest BCUT2D eigenvalue weighted by atomic mass is 9.93. The maximum Gasteiger partial charge on any atom is 0.322 e. The van der Waals surface area contributed by atoms with E-state index in [1.807, 2.05) is 24.0 Å². The van der Waals surface area contributed by atoms with Crippen LogP contribution in [0, 0.1) is 0 Å². The monoisotopic (exact) mass is 481 g/mol. The standard InChI is InChI=1S/C29H43N3O3/c1-6-35-25-13-11-24(12-14-25)21-32(16-8-15-31-17-19-34-20-18-31)29(33)30-28-26(22(2)3)9-7-10-27(28)23(4)5/h7,9-14,22-23H,6,8,15-21H2,1-5H3,(H,30,33). The van der Waals surface area contributed by atoms with Crippen LogP contribution in [0.25, 0.3) is 0 Å². The van der Waals surface area contributed by atoms with Gasteiger partial charge in [-0.25, -0.2) is 4.79 Å². The Bertz CT molecular complexity index is 895. The molecule has 35 heavy (non-hydrogen) atoms. The Morgan fingerprint density at radius 1 is 1.03 bits per heavy atom. The second-order valence-corrected chi connectivity index (χ2v) is 9.86. The van der Waals surface area contributed by atoms with Crippen molar-refractivity contribution in [3.05, 3.63) is 59.2 Å². The highest BCUT2D eigenvalue weighted by Crippen LogP contribution is 2.32. The van der Waals surface area contributed by atoms with Crippen molar-refractivity contribution in [2.75, 3.05) is 51.3 Å². The smallest absolute Gasteiger partial charge is 0.322 e. The molecule has 0 radical (unpaired) electrons. The van der Waals surface area contributed by atoms with Gasteiger partial charge in [0.2, 0.25) is 0 Å². The summed E-state index contributed by atoms with van der Waals surface area (Å²) in [7, 11) is 0. The molecule has 6 nitrogen and oxygen atoms in total. The van der Waals surface area contributed by atoms with Gasteiger partial charge in [0, 0.05) is 38.4 Å². The molecule has 0 aromatic heterocycles. The van der Waals surface area contributed by atoms with E-state index in [2.05, 4.69) is 68.2 Å². The van der Waals surface area contributed by atoms with Gasteiger partial charge in [-0.3, -0.25) is 4.90 Å². The molecule has 6 heteroatoms. The Balaban J connectivity index is 1.77. The number of para-hydroxylation sites is 1. The predicted octanol–water partition coefficient (Wildman–Crippen LogP) is 6.09. The van der Waals surface area contributed by atoms with Crippen LogP contribution in [0.1, 0.15) is 69.6 Å². The molecule has 0 aliphatic carbocycles. The van der Waals surface area contributed by atoms with Gasteiger partial charge in [0.25, 0.3) is 0 Å². The number of anilines is 1. The van der Waals surface area contributed by atoms with Crippen LogP contribution in [0.3, 0.4) is 0 Å². The first kappa shape index (κ1) is 27.0. The number of urea groups is 1. The molecule has 1 aliphatic heterocycles. The normalized spacial score (nSPS) is 14.4. The van der Waals surface area contributed by atoms with E-state index in [0.29, 0.717) is 31.5 Å². The van der Waals surface area contributed by atoms with Crippen LogP contribution in [0.15, 0.2) is 42.5 Å². The van der Waals surface area contributed by atoms with Crippen LogP contribution in [0.5, 0.6) is 5.75 Å². The molecule has 0 saturated carbocycles. The summed E-state index contributed by atoms with van der Waals surface area (Å²) in [6.45, 7) is 17.1. The number of hydrogen-bond acceptors (Lipinski definition) is 4. The highest BCUT2D eigenvalue weighted by Gasteiger charge is 2.20. The second-order valence-electron chi connectivity index (χ2n) is 9.86. The van der Waals surface area contributed by atoms with Crippen molar-refractivity contribution in [1.29, 1.82) is 0 Å². The molecule has 0 spiro atoms. The lowest BCUT2D eigenvalue weighted by Gasteiger charge is -2.29. The fourth-order valence-electron chi connectivity index (χ4n) is 4.52. The Morgan fingerprint density at radius 2 is 1.66 bits per heavy atom. The summed E-state index contributed by atoms with van der Waals surface area (Å²) in [5.41, 5.74) is 4.42. The van der Waals surface area contributed by atoms with Crippen molar-refractivity contribution < 1.29 is 14.3 Å². The third-order valence-electron chi connectivity index (χ3n) is 6.51. The zero-order valence-electron chi connectivity index (χ0n) is 22.2. The van der Waals surface area contributed by atoms with Crippen LogP contribution >= 0.6 is 0 Å². The van der Waals surface area contributed by atoms with Gasteiger partial charge in [-0.15, -0.1) is 0 Å². The molecular weight excluding hydrogens is 438 g/mol. The third kappa shape index (κ3) is 7.97. The first-order chi connectivity index (χ1) is 16.9. The summed E-state index contributed by atoms with van der Waals surface area (Å²) in [6.07, 6.45) is 0.924. The van der Waals surface area contributed by atoms with Crippen molar-refractivity contribution in [1.82, 2.24) is 9.80 Å². The molecule has 1 heterocycles. The SMILES string of the molecule is CCOc1ccc(CN(CCCN2CCOCC2)C(=O)Nc2c(C(C)C)cccc2C(C)C)cc1. The number of ether oxygens (including phenoxy) is 2. The van der Waals surface area contributed by atoms with E-state index in [0.717, 1.165) is 56.3 Å². The molecule has 0 atom stereocenters. The highest BCUT2D eigenvalue weighted by molar-refractivity contribution is 5.91. The zero-order valence-corrected chi connectivity index (χ0v) is 22.2. The fourth-order valence-corrected chi connectivity index (χ4v) is 4.52. The number of rotatable bonds is 11. The summed E-state index contributed by atoms with van der Waals surface area (Å²) in [4.78, 5) is 18.0. The first-order valence-corrected chi connectivity index (χ1v) is 13.1. The Morgan fingerprint density at radius 3 is 2.23 bits per heavy atom. The van der Waals surface area contributed by atoms with Crippen molar-refractivity contribution >= 4 is 11.7 Å². The van der Waals surface area contributed by atoms with E-state index in [1.165, 1.54) is 11.1 Å². The number of amides is 2. The molecule has 3 rings (SSSR count). The summed E-state index contributed by atoms with van der Waals surface area (Å²) < 4.78 is 11.1. The minimum atomic E-state index is -0.0455. The molecule has 1 fully saturated rings. The van der Waals surface area contributed by atoms with E-state index in [1.54, 1.807) is 0 Å². The molecule has 192 valence electrons. The van der Waals surface area contributed by atoms with E-state index >= 15 is 0 Å². The molecule has 0 bridgehead atoms. The van der Waals surface area contributed by atoms with E-state index in [9.17, 15) is 4.79 Å².